The van der Waals surface area contributed by atoms with Crippen molar-refractivity contribution < 1.29 is 4.74 Å². The van der Waals surface area contributed by atoms with Crippen molar-refractivity contribution in [3.8, 4) is 56.0 Å². The summed E-state index contributed by atoms with van der Waals surface area (Å²) in [5.41, 5.74) is 8.94. The van der Waals surface area contributed by atoms with Gasteiger partial charge in [-0.05, 0) is 57.6 Å². The Morgan fingerprint density at radius 2 is 1.06 bits per heavy atom. The van der Waals surface area contributed by atoms with Gasteiger partial charge in [0, 0.05) is 11.1 Å². The van der Waals surface area contributed by atoms with Crippen molar-refractivity contribution >= 4 is 11.6 Å². The maximum Gasteiger partial charge on any atom is 0.153 e. The minimum Gasteiger partial charge on any atom is -0.454 e. The van der Waals surface area contributed by atoms with Gasteiger partial charge in [-0.1, -0.05) is 103 Å². The van der Waals surface area contributed by atoms with Crippen LogP contribution in [0.4, 0.5) is 0 Å². The standard InChI is InChI=1S/C30H19ClO/c31-28-13-7-12-26-27-18-22(20-8-3-1-4-9-20)14-16-24(27)25-17-15-23(19-29(25)32-30(26)28)21-10-5-2-6-11-21/h1-19H. The van der Waals surface area contributed by atoms with E-state index in [1.54, 1.807) is 0 Å². The van der Waals surface area contributed by atoms with Gasteiger partial charge in [-0.3, -0.25) is 0 Å². The number of hydrogen-bond acceptors (Lipinski definition) is 1. The van der Waals surface area contributed by atoms with Crippen LogP contribution in [0.15, 0.2) is 115 Å². The van der Waals surface area contributed by atoms with Gasteiger partial charge in [0.2, 0.25) is 0 Å². The molecule has 1 aliphatic heterocycles. The van der Waals surface area contributed by atoms with Gasteiger partial charge >= 0.3 is 0 Å². The van der Waals surface area contributed by atoms with E-state index >= 15 is 0 Å². The van der Waals surface area contributed by atoms with Crippen molar-refractivity contribution in [2.75, 3.05) is 0 Å². The molecule has 1 nitrogen and oxygen atoms in total. The number of ether oxygens (including phenoxy) is 1. The minimum absolute atomic E-state index is 0.608. The van der Waals surface area contributed by atoms with Gasteiger partial charge < -0.3 is 4.74 Å². The van der Waals surface area contributed by atoms with Gasteiger partial charge in [-0.15, -0.1) is 0 Å². The van der Waals surface area contributed by atoms with E-state index in [1.165, 1.54) is 11.1 Å². The molecule has 1 aliphatic rings. The molecule has 0 spiro atoms. The first-order chi connectivity index (χ1) is 15.8. The molecule has 0 saturated heterocycles. The Hall–Kier alpha value is -3.81. The van der Waals surface area contributed by atoms with Crippen LogP contribution in [0.25, 0.3) is 44.5 Å². The zero-order valence-corrected chi connectivity index (χ0v) is 18.0. The summed E-state index contributed by atoms with van der Waals surface area (Å²) in [4.78, 5) is 0. The fraction of sp³-hybridized carbons (Fsp3) is 0. The summed E-state index contributed by atoms with van der Waals surface area (Å²) >= 11 is 6.64. The van der Waals surface area contributed by atoms with E-state index in [2.05, 4.69) is 91.0 Å². The second-order valence-corrected chi connectivity index (χ2v) is 8.33. The van der Waals surface area contributed by atoms with Crippen molar-refractivity contribution in [1.82, 2.24) is 0 Å². The van der Waals surface area contributed by atoms with Crippen LogP contribution >= 0.6 is 11.6 Å². The summed E-state index contributed by atoms with van der Waals surface area (Å²) in [7, 11) is 0. The Morgan fingerprint density at radius 3 is 1.75 bits per heavy atom. The van der Waals surface area contributed by atoms with E-state index in [0.717, 1.165) is 39.1 Å². The minimum atomic E-state index is 0.608. The van der Waals surface area contributed by atoms with Gasteiger partial charge in [0.25, 0.3) is 0 Å². The number of para-hydroxylation sites is 1. The van der Waals surface area contributed by atoms with E-state index in [1.807, 2.05) is 24.3 Å². The van der Waals surface area contributed by atoms with Crippen LogP contribution in [0.5, 0.6) is 11.5 Å². The van der Waals surface area contributed by atoms with Crippen LogP contribution in [0, 0.1) is 0 Å². The van der Waals surface area contributed by atoms with Crippen molar-refractivity contribution in [3.05, 3.63) is 120 Å². The van der Waals surface area contributed by atoms with Crippen LogP contribution in [-0.4, -0.2) is 0 Å². The first-order valence-corrected chi connectivity index (χ1v) is 11.0. The van der Waals surface area contributed by atoms with Crippen molar-refractivity contribution in [1.29, 1.82) is 0 Å². The van der Waals surface area contributed by atoms with Crippen LogP contribution in [-0.2, 0) is 0 Å². The molecule has 0 aromatic heterocycles. The molecule has 0 radical (unpaired) electrons. The second-order valence-electron chi connectivity index (χ2n) is 7.92. The molecule has 0 amide bonds. The van der Waals surface area contributed by atoms with Crippen LogP contribution in [0.2, 0.25) is 5.02 Å². The fourth-order valence-electron chi connectivity index (χ4n) is 4.39. The second kappa shape index (κ2) is 7.71. The van der Waals surface area contributed by atoms with Crippen molar-refractivity contribution in [2.45, 2.75) is 0 Å². The molecule has 6 rings (SSSR count). The smallest absolute Gasteiger partial charge is 0.153 e. The highest BCUT2D eigenvalue weighted by Gasteiger charge is 2.23. The predicted octanol–water partition coefficient (Wildman–Crippen LogP) is 9.11. The molecule has 0 atom stereocenters. The topological polar surface area (TPSA) is 9.23 Å². The SMILES string of the molecule is Clc1cccc2c1Oc1cc(-c3ccccc3)ccc1-c1ccc(-c3ccccc3)cc1-2. The molecular weight excluding hydrogens is 412 g/mol. The lowest BCUT2D eigenvalue weighted by atomic mass is 9.90. The van der Waals surface area contributed by atoms with E-state index in [0.29, 0.717) is 10.8 Å². The first-order valence-electron chi connectivity index (χ1n) is 10.6. The lowest BCUT2D eigenvalue weighted by Crippen LogP contribution is -1.88. The molecule has 0 bridgehead atoms. The number of hydrogen-bond donors (Lipinski definition) is 0. The summed E-state index contributed by atoms with van der Waals surface area (Å²) in [5, 5.41) is 0.608. The third kappa shape index (κ3) is 3.19. The Balaban J connectivity index is 1.60. The van der Waals surface area contributed by atoms with E-state index in [4.69, 9.17) is 16.3 Å². The molecule has 5 aromatic rings. The lowest BCUT2D eigenvalue weighted by molar-refractivity contribution is 0.488. The van der Waals surface area contributed by atoms with Crippen LogP contribution in [0.3, 0.4) is 0 Å². The lowest BCUT2D eigenvalue weighted by Gasteiger charge is -2.12. The molecule has 2 heteroatoms. The molecular formula is C30H19ClO. The molecule has 32 heavy (non-hydrogen) atoms. The number of benzene rings is 5. The van der Waals surface area contributed by atoms with Crippen molar-refractivity contribution in [2.24, 2.45) is 0 Å². The third-order valence-corrected chi connectivity index (χ3v) is 6.27. The average Bonchev–Trinajstić information content (AvgIpc) is 3.00. The van der Waals surface area contributed by atoms with E-state index in [-0.39, 0.29) is 0 Å². The van der Waals surface area contributed by atoms with E-state index in [9.17, 15) is 0 Å². The quantitative estimate of drug-likeness (QED) is 0.266. The van der Waals surface area contributed by atoms with Crippen molar-refractivity contribution in [3.63, 3.8) is 0 Å². The largest absolute Gasteiger partial charge is 0.454 e. The molecule has 0 N–H and O–H groups in total. The summed E-state index contributed by atoms with van der Waals surface area (Å²) in [5.74, 6) is 1.51. The Kier molecular flexibility index (Phi) is 4.56. The zero-order valence-electron chi connectivity index (χ0n) is 17.3. The van der Waals surface area contributed by atoms with Gasteiger partial charge in [-0.25, -0.2) is 0 Å². The van der Waals surface area contributed by atoms with Crippen LogP contribution < -0.4 is 4.74 Å². The Bertz CT molecular complexity index is 1440. The zero-order chi connectivity index (χ0) is 21.5. The first kappa shape index (κ1) is 18.9. The summed E-state index contributed by atoms with van der Waals surface area (Å²) in [6, 6.07) is 39.8. The molecule has 5 aromatic carbocycles. The number of halogens is 1. The molecule has 0 fully saturated rings. The van der Waals surface area contributed by atoms with Gasteiger partial charge in [0.15, 0.2) is 5.75 Å². The van der Waals surface area contributed by atoms with E-state index < -0.39 is 0 Å². The monoisotopic (exact) mass is 430 g/mol. The molecule has 0 aliphatic carbocycles. The number of rotatable bonds is 2. The molecule has 152 valence electrons. The molecule has 1 heterocycles. The molecule has 0 unspecified atom stereocenters. The highest BCUT2D eigenvalue weighted by atomic mass is 35.5. The maximum atomic E-state index is 6.64. The molecule has 0 saturated carbocycles. The summed E-state index contributed by atoms with van der Waals surface area (Å²) < 4.78 is 6.49. The number of fused-ring (bicyclic) bond motifs is 5. The third-order valence-electron chi connectivity index (χ3n) is 5.97. The average molecular weight is 431 g/mol. The normalized spacial score (nSPS) is 11.5. The Morgan fingerprint density at radius 1 is 0.438 bits per heavy atom. The Labute approximate surface area is 192 Å². The summed E-state index contributed by atoms with van der Waals surface area (Å²) in [6.45, 7) is 0. The highest BCUT2D eigenvalue weighted by molar-refractivity contribution is 6.32. The van der Waals surface area contributed by atoms with Gasteiger partial charge in [0.05, 0.1) is 5.02 Å². The van der Waals surface area contributed by atoms with Gasteiger partial charge in [-0.2, -0.15) is 0 Å². The van der Waals surface area contributed by atoms with Crippen LogP contribution in [0.1, 0.15) is 0 Å². The maximum absolute atomic E-state index is 6.64. The predicted molar refractivity (Wildman–Crippen MR) is 133 cm³/mol. The summed E-state index contributed by atoms with van der Waals surface area (Å²) in [6.07, 6.45) is 0. The fourth-order valence-corrected chi connectivity index (χ4v) is 4.60. The highest BCUT2D eigenvalue weighted by Crippen LogP contribution is 2.50. The van der Waals surface area contributed by atoms with Gasteiger partial charge in [0.1, 0.15) is 5.75 Å².